The lowest BCUT2D eigenvalue weighted by molar-refractivity contribution is -0.120. The molecule has 6 nitrogen and oxygen atoms in total. The van der Waals surface area contributed by atoms with Crippen molar-refractivity contribution in [3.8, 4) is 0 Å². The first kappa shape index (κ1) is 13.9. The third-order valence-corrected chi connectivity index (χ3v) is 2.15. The summed E-state index contributed by atoms with van der Waals surface area (Å²) in [5, 5.41) is 7.38. The number of nitrogens with one attached hydrogen (secondary N) is 3. The molecule has 7 heteroatoms. The highest BCUT2D eigenvalue weighted by molar-refractivity contribution is 5.97. The van der Waals surface area contributed by atoms with Crippen LogP contribution in [0.4, 0.5) is 10.2 Å². The van der Waals surface area contributed by atoms with Gasteiger partial charge in [-0.1, -0.05) is 0 Å². The van der Waals surface area contributed by atoms with Gasteiger partial charge in [-0.2, -0.15) is 0 Å². The number of pyridine rings is 1. The van der Waals surface area contributed by atoms with Gasteiger partial charge in [0.2, 0.25) is 5.91 Å². The molecule has 1 heterocycles. The molecule has 3 N–H and O–H groups in total. The fourth-order valence-electron chi connectivity index (χ4n) is 1.31. The first-order valence-corrected chi connectivity index (χ1v) is 5.47. The van der Waals surface area contributed by atoms with Crippen molar-refractivity contribution in [2.75, 3.05) is 25.5 Å². The molecule has 0 aliphatic heterocycles. The second kappa shape index (κ2) is 6.53. The van der Waals surface area contributed by atoms with E-state index in [1.807, 2.05) is 0 Å². The highest BCUT2D eigenvalue weighted by Crippen LogP contribution is 2.13. The minimum absolute atomic E-state index is 0.0133. The van der Waals surface area contributed by atoms with Crippen molar-refractivity contribution in [3.63, 3.8) is 0 Å². The zero-order valence-electron chi connectivity index (χ0n) is 10.2. The van der Waals surface area contributed by atoms with Crippen molar-refractivity contribution in [1.82, 2.24) is 15.6 Å². The Labute approximate surface area is 104 Å². The Morgan fingerprint density at radius 1 is 1.39 bits per heavy atom. The number of nitrogens with zero attached hydrogens (tertiary/aromatic N) is 1. The van der Waals surface area contributed by atoms with Gasteiger partial charge in [-0.3, -0.25) is 9.59 Å². The number of halogens is 1. The van der Waals surface area contributed by atoms with Gasteiger partial charge in [0.15, 0.2) is 11.6 Å². The number of hydrogen-bond donors (Lipinski definition) is 3. The zero-order valence-corrected chi connectivity index (χ0v) is 10.2. The van der Waals surface area contributed by atoms with E-state index in [2.05, 4.69) is 20.9 Å². The molecule has 0 radical (unpaired) electrons. The molecule has 0 aromatic carbocycles. The van der Waals surface area contributed by atoms with E-state index in [0.717, 1.165) is 0 Å². The molecule has 0 atom stereocenters. The van der Waals surface area contributed by atoms with E-state index in [1.54, 1.807) is 6.92 Å². The average Bonchev–Trinajstić information content (AvgIpc) is 2.36. The maximum absolute atomic E-state index is 13.7. The molecule has 98 valence electrons. The van der Waals surface area contributed by atoms with E-state index >= 15 is 0 Å². The van der Waals surface area contributed by atoms with E-state index in [-0.39, 0.29) is 23.8 Å². The molecule has 0 aliphatic rings. The Morgan fingerprint density at radius 3 is 2.72 bits per heavy atom. The lowest BCUT2D eigenvalue weighted by atomic mass is 10.2. The van der Waals surface area contributed by atoms with Crippen molar-refractivity contribution in [3.05, 3.63) is 23.6 Å². The van der Waals surface area contributed by atoms with Crippen LogP contribution in [-0.4, -0.2) is 36.9 Å². The Balaban J connectivity index is 2.70. The first-order chi connectivity index (χ1) is 8.60. The summed E-state index contributed by atoms with van der Waals surface area (Å²) in [6.45, 7) is 2.05. The smallest absolute Gasteiger partial charge is 0.254 e. The largest absolute Gasteiger partial charge is 0.371 e. The Morgan fingerprint density at radius 2 is 2.11 bits per heavy atom. The number of aromatic nitrogens is 1. The van der Waals surface area contributed by atoms with Crippen molar-refractivity contribution in [2.45, 2.75) is 6.92 Å². The van der Waals surface area contributed by atoms with Gasteiger partial charge in [0.1, 0.15) is 0 Å². The van der Waals surface area contributed by atoms with Crippen molar-refractivity contribution >= 4 is 17.6 Å². The van der Waals surface area contributed by atoms with Crippen molar-refractivity contribution in [2.24, 2.45) is 0 Å². The summed E-state index contributed by atoms with van der Waals surface area (Å²) in [5.41, 5.74) is -0.154. The van der Waals surface area contributed by atoms with Gasteiger partial charge in [0, 0.05) is 19.8 Å². The third kappa shape index (κ3) is 3.41. The molecule has 0 aliphatic carbocycles. The van der Waals surface area contributed by atoms with Gasteiger partial charge < -0.3 is 16.0 Å². The highest BCUT2D eigenvalue weighted by Gasteiger charge is 2.15. The molecular weight excluding hydrogens is 239 g/mol. The molecule has 0 saturated heterocycles. The monoisotopic (exact) mass is 254 g/mol. The van der Waals surface area contributed by atoms with Crippen LogP contribution >= 0.6 is 0 Å². The SMILES string of the molecule is CCNC(=O)CNC(=O)c1ccnc(NC)c1F. The number of anilines is 1. The molecule has 0 spiro atoms. The normalized spacial score (nSPS) is 9.72. The van der Waals surface area contributed by atoms with Crippen LogP contribution in [-0.2, 0) is 4.79 Å². The van der Waals surface area contributed by atoms with Crippen molar-refractivity contribution in [1.29, 1.82) is 0 Å². The summed E-state index contributed by atoms with van der Waals surface area (Å²) in [6, 6.07) is 1.25. The predicted molar refractivity (Wildman–Crippen MR) is 64.8 cm³/mol. The minimum Gasteiger partial charge on any atom is -0.371 e. The summed E-state index contributed by atoms with van der Waals surface area (Å²) < 4.78 is 13.7. The lowest BCUT2D eigenvalue weighted by Gasteiger charge is -2.08. The van der Waals surface area contributed by atoms with E-state index in [9.17, 15) is 14.0 Å². The summed E-state index contributed by atoms with van der Waals surface area (Å²) in [7, 11) is 1.50. The average molecular weight is 254 g/mol. The van der Waals surface area contributed by atoms with Gasteiger partial charge in [0.05, 0.1) is 12.1 Å². The molecule has 1 rings (SSSR count). The van der Waals surface area contributed by atoms with E-state index in [4.69, 9.17) is 0 Å². The van der Waals surface area contributed by atoms with E-state index in [0.29, 0.717) is 6.54 Å². The highest BCUT2D eigenvalue weighted by atomic mass is 19.1. The number of amides is 2. The predicted octanol–water partition coefficient (Wildman–Crippen LogP) is 0.128. The zero-order chi connectivity index (χ0) is 13.5. The molecule has 0 saturated carbocycles. The van der Waals surface area contributed by atoms with Crippen molar-refractivity contribution < 1.29 is 14.0 Å². The molecule has 0 bridgehead atoms. The van der Waals surface area contributed by atoms with Crippen LogP contribution in [0.15, 0.2) is 12.3 Å². The van der Waals surface area contributed by atoms with Gasteiger partial charge in [0.25, 0.3) is 5.91 Å². The molecule has 18 heavy (non-hydrogen) atoms. The Kier molecular flexibility index (Phi) is 5.04. The molecule has 1 aromatic heterocycles. The third-order valence-electron chi connectivity index (χ3n) is 2.15. The second-order valence-electron chi connectivity index (χ2n) is 3.41. The topological polar surface area (TPSA) is 83.1 Å². The maximum atomic E-state index is 13.7. The van der Waals surface area contributed by atoms with Gasteiger partial charge in [-0.05, 0) is 13.0 Å². The standard InChI is InChI=1S/C11H15FN4O2/c1-3-14-8(17)6-16-11(18)7-4-5-15-10(13-2)9(7)12/h4-5H,3,6H2,1-2H3,(H,13,15)(H,14,17)(H,16,18). The summed E-state index contributed by atoms with van der Waals surface area (Å²) in [6.07, 6.45) is 1.32. The first-order valence-electron chi connectivity index (χ1n) is 5.47. The Hall–Kier alpha value is -2.18. The quantitative estimate of drug-likeness (QED) is 0.697. The van der Waals surface area contributed by atoms with Crippen LogP contribution in [0, 0.1) is 5.82 Å². The number of likely N-dealkylation sites (N-methyl/N-ethyl adjacent to an activating group) is 1. The fraction of sp³-hybridized carbons (Fsp3) is 0.364. The van der Waals surface area contributed by atoms with Crippen LogP contribution in [0.25, 0.3) is 0 Å². The number of carbonyl (C=O) groups is 2. The number of rotatable bonds is 5. The van der Waals surface area contributed by atoms with Gasteiger partial charge in [-0.25, -0.2) is 9.37 Å². The molecular formula is C11H15FN4O2. The summed E-state index contributed by atoms with van der Waals surface area (Å²) in [4.78, 5) is 26.5. The fourth-order valence-corrected chi connectivity index (χ4v) is 1.31. The van der Waals surface area contributed by atoms with Crippen LogP contribution in [0.3, 0.4) is 0 Å². The lowest BCUT2D eigenvalue weighted by Crippen LogP contribution is -2.37. The molecule has 2 amide bonds. The van der Waals surface area contributed by atoms with Gasteiger partial charge >= 0.3 is 0 Å². The molecule has 0 fully saturated rings. The molecule has 1 aromatic rings. The second-order valence-corrected chi connectivity index (χ2v) is 3.41. The summed E-state index contributed by atoms with van der Waals surface area (Å²) in [5.74, 6) is -1.74. The number of hydrogen-bond acceptors (Lipinski definition) is 4. The minimum atomic E-state index is -0.742. The maximum Gasteiger partial charge on any atom is 0.254 e. The number of carbonyl (C=O) groups excluding carboxylic acids is 2. The van der Waals surface area contributed by atoms with Gasteiger partial charge in [-0.15, -0.1) is 0 Å². The van der Waals surface area contributed by atoms with Crippen LogP contribution in [0.1, 0.15) is 17.3 Å². The van der Waals surface area contributed by atoms with E-state index < -0.39 is 11.7 Å². The molecule has 0 unspecified atom stereocenters. The Bertz CT molecular complexity index is 451. The van der Waals surface area contributed by atoms with Crippen LogP contribution in [0.2, 0.25) is 0 Å². The van der Waals surface area contributed by atoms with Crippen LogP contribution in [0.5, 0.6) is 0 Å². The van der Waals surface area contributed by atoms with Crippen LogP contribution < -0.4 is 16.0 Å². The summed E-state index contributed by atoms with van der Waals surface area (Å²) >= 11 is 0. The van der Waals surface area contributed by atoms with E-state index in [1.165, 1.54) is 19.3 Å².